The Morgan fingerprint density at radius 1 is 1.35 bits per heavy atom. The number of benzene rings is 1. The number of hydrogen-bond donors (Lipinski definition) is 1. The highest BCUT2D eigenvalue weighted by Gasteiger charge is 2.24. The first kappa shape index (κ1) is 15.4. The van der Waals surface area contributed by atoms with E-state index >= 15 is 0 Å². The van der Waals surface area contributed by atoms with Crippen molar-refractivity contribution in [3.63, 3.8) is 0 Å². The largest absolute Gasteiger partial charge is 0.490 e. The van der Waals surface area contributed by atoms with Crippen LogP contribution in [0.15, 0.2) is 18.2 Å². The van der Waals surface area contributed by atoms with Gasteiger partial charge in [-0.15, -0.1) is 0 Å². The molecule has 1 heterocycles. The van der Waals surface area contributed by atoms with Crippen LogP contribution in [-0.4, -0.2) is 18.7 Å². The summed E-state index contributed by atoms with van der Waals surface area (Å²) in [4.78, 5) is 0. The van der Waals surface area contributed by atoms with Crippen LogP contribution in [0.4, 0.5) is 0 Å². The highest BCUT2D eigenvalue weighted by Crippen LogP contribution is 2.32. The summed E-state index contributed by atoms with van der Waals surface area (Å²) >= 11 is 0. The summed E-state index contributed by atoms with van der Waals surface area (Å²) in [6.45, 7) is 10.1. The molecular formula is C18H29NO. The van der Waals surface area contributed by atoms with Crippen molar-refractivity contribution in [3.8, 4) is 5.75 Å². The number of ether oxygens (including phenoxy) is 1. The summed E-state index contributed by atoms with van der Waals surface area (Å²) in [5, 5.41) is 3.57. The first-order chi connectivity index (χ1) is 9.58. The molecule has 0 fully saturated rings. The Morgan fingerprint density at radius 2 is 2.15 bits per heavy atom. The molecule has 3 unspecified atom stereocenters. The van der Waals surface area contributed by atoms with E-state index < -0.39 is 0 Å². The predicted octanol–water partition coefficient (Wildman–Crippen LogP) is 4.10. The van der Waals surface area contributed by atoms with E-state index in [0.717, 1.165) is 25.1 Å². The average Bonchev–Trinajstić information content (AvgIpc) is 2.77. The number of rotatable bonds is 7. The molecular weight excluding hydrogens is 246 g/mol. The van der Waals surface area contributed by atoms with Crippen molar-refractivity contribution >= 4 is 0 Å². The smallest absolute Gasteiger partial charge is 0.123 e. The molecule has 0 amide bonds. The Bertz CT molecular complexity index is 429. The highest BCUT2D eigenvalue weighted by atomic mass is 16.5. The van der Waals surface area contributed by atoms with E-state index in [-0.39, 0.29) is 0 Å². The van der Waals surface area contributed by atoms with Crippen LogP contribution < -0.4 is 10.1 Å². The van der Waals surface area contributed by atoms with Gasteiger partial charge in [0.05, 0.1) is 0 Å². The maximum atomic E-state index is 6.07. The Hall–Kier alpha value is -1.02. The van der Waals surface area contributed by atoms with E-state index in [2.05, 4.69) is 51.2 Å². The molecule has 0 bridgehead atoms. The first-order valence-corrected chi connectivity index (χ1v) is 8.08. The molecule has 2 nitrogen and oxygen atoms in total. The minimum Gasteiger partial charge on any atom is -0.490 e. The zero-order chi connectivity index (χ0) is 14.5. The topological polar surface area (TPSA) is 21.3 Å². The lowest BCUT2D eigenvalue weighted by Crippen LogP contribution is -2.29. The Morgan fingerprint density at radius 3 is 2.90 bits per heavy atom. The van der Waals surface area contributed by atoms with Gasteiger partial charge in [0.15, 0.2) is 0 Å². The predicted molar refractivity (Wildman–Crippen MR) is 85.5 cm³/mol. The van der Waals surface area contributed by atoms with Gasteiger partial charge in [-0.05, 0) is 57.2 Å². The van der Waals surface area contributed by atoms with Crippen molar-refractivity contribution < 1.29 is 4.74 Å². The molecule has 1 aliphatic rings. The maximum Gasteiger partial charge on any atom is 0.123 e. The maximum absolute atomic E-state index is 6.07. The molecule has 1 aromatic carbocycles. The second-order valence-electron chi connectivity index (χ2n) is 6.49. The van der Waals surface area contributed by atoms with Gasteiger partial charge >= 0.3 is 0 Å². The molecule has 112 valence electrons. The summed E-state index contributed by atoms with van der Waals surface area (Å²) in [6.07, 6.45) is 5.05. The van der Waals surface area contributed by atoms with Crippen molar-refractivity contribution in [1.29, 1.82) is 0 Å². The molecule has 0 spiro atoms. The van der Waals surface area contributed by atoms with Crippen LogP contribution >= 0.6 is 0 Å². The van der Waals surface area contributed by atoms with Gasteiger partial charge in [0.1, 0.15) is 11.9 Å². The lowest BCUT2D eigenvalue weighted by molar-refractivity contribution is 0.191. The lowest BCUT2D eigenvalue weighted by Gasteiger charge is -2.21. The molecule has 2 rings (SSSR count). The monoisotopic (exact) mass is 275 g/mol. The summed E-state index contributed by atoms with van der Waals surface area (Å²) in [6, 6.07) is 7.14. The quantitative estimate of drug-likeness (QED) is 0.809. The van der Waals surface area contributed by atoms with Gasteiger partial charge in [-0.3, -0.25) is 0 Å². The van der Waals surface area contributed by atoms with E-state index in [4.69, 9.17) is 4.74 Å². The van der Waals surface area contributed by atoms with Gasteiger partial charge in [0, 0.05) is 12.5 Å². The molecule has 0 saturated carbocycles. The standard InChI is InChI=1S/C18H29NO/c1-5-8-19-15(4)9-14(3)11-17-12-16-10-13(2)6-7-18(16)20-17/h6-7,10,14-15,17,19H,5,8-9,11-12H2,1-4H3. The molecule has 0 radical (unpaired) electrons. The van der Waals surface area contributed by atoms with Gasteiger partial charge in [0.25, 0.3) is 0 Å². The molecule has 0 aromatic heterocycles. The third-order valence-corrected chi connectivity index (χ3v) is 4.12. The molecule has 20 heavy (non-hydrogen) atoms. The number of fused-ring (bicyclic) bond motifs is 1. The molecule has 1 aromatic rings. The van der Waals surface area contributed by atoms with Crippen LogP contribution in [0, 0.1) is 12.8 Å². The summed E-state index contributed by atoms with van der Waals surface area (Å²) in [5.41, 5.74) is 2.72. The fourth-order valence-corrected chi connectivity index (χ4v) is 3.20. The van der Waals surface area contributed by atoms with Crippen molar-refractivity contribution in [1.82, 2.24) is 5.32 Å². The highest BCUT2D eigenvalue weighted by molar-refractivity contribution is 5.40. The van der Waals surface area contributed by atoms with E-state index in [1.54, 1.807) is 0 Å². The van der Waals surface area contributed by atoms with Crippen LogP contribution in [0.1, 0.15) is 51.2 Å². The van der Waals surface area contributed by atoms with Gasteiger partial charge in [-0.2, -0.15) is 0 Å². The lowest BCUT2D eigenvalue weighted by atomic mass is 9.94. The van der Waals surface area contributed by atoms with Crippen molar-refractivity contribution in [2.75, 3.05) is 6.54 Å². The normalized spacial score (nSPS) is 20.3. The van der Waals surface area contributed by atoms with E-state index in [1.165, 1.54) is 24.0 Å². The molecule has 0 saturated heterocycles. The van der Waals surface area contributed by atoms with Crippen LogP contribution in [0.2, 0.25) is 0 Å². The number of nitrogens with one attached hydrogen (secondary N) is 1. The molecule has 2 heteroatoms. The Labute approximate surface area is 123 Å². The average molecular weight is 275 g/mol. The minimum absolute atomic E-state index is 0.375. The second kappa shape index (κ2) is 7.12. The third-order valence-electron chi connectivity index (χ3n) is 4.12. The minimum atomic E-state index is 0.375. The summed E-state index contributed by atoms with van der Waals surface area (Å²) < 4.78 is 6.07. The van der Waals surface area contributed by atoms with Crippen LogP contribution in [0.3, 0.4) is 0 Å². The Kier molecular flexibility index (Phi) is 5.47. The SMILES string of the molecule is CCCNC(C)CC(C)CC1Cc2cc(C)ccc2O1. The zero-order valence-electron chi connectivity index (χ0n) is 13.4. The zero-order valence-corrected chi connectivity index (χ0v) is 13.4. The van der Waals surface area contributed by atoms with E-state index in [0.29, 0.717) is 18.1 Å². The van der Waals surface area contributed by atoms with Crippen molar-refractivity contribution in [2.45, 2.75) is 65.5 Å². The van der Waals surface area contributed by atoms with Crippen molar-refractivity contribution in [2.24, 2.45) is 5.92 Å². The fourth-order valence-electron chi connectivity index (χ4n) is 3.20. The molecule has 3 atom stereocenters. The number of hydrogen-bond acceptors (Lipinski definition) is 2. The van der Waals surface area contributed by atoms with Gasteiger partial charge in [-0.1, -0.05) is 31.5 Å². The summed E-state index contributed by atoms with van der Waals surface area (Å²) in [7, 11) is 0. The fraction of sp³-hybridized carbons (Fsp3) is 0.667. The molecule has 0 aliphatic carbocycles. The van der Waals surface area contributed by atoms with Gasteiger partial charge < -0.3 is 10.1 Å². The summed E-state index contributed by atoms with van der Waals surface area (Å²) in [5.74, 6) is 1.81. The van der Waals surface area contributed by atoms with Crippen LogP contribution in [-0.2, 0) is 6.42 Å². The first-order valence-electron chi connectivity index (χ1n) is 8.08. The molecule has 1 N–H and O–H groups in total. The van der Waals surface area contributed by atoms with Crippen LogP contribution in [0.25, 0.3) is 0 Å². The van der Waals surface area contributed by atoms with Gasteiger partial charge in [0.2, 0.25) is 0 Å². The Balaban J connectivity index is 1.78. The van der Waals surface area contributed by atoms with E-state index in [1.807, 2.05) is 0 Å². The number of aryl methyl sites for hydroxylation is 1. The van der Waals surface area contributed by atoms with Crippen LogP contribution in [0.5, 0.6) is 5.75 Å². The second-order valence-corrected chi connectivity index (χ2v) is 6.49. The molecule has 1 aliphatic heterocycles. The van der Waals surface area contributed by atoms with E-state index in [9.17, 15) is 0 Å². The third kappa shape index (κ3) is 4.24. The van der Waals surface area contributed by atoms with Gasteiger partial charge in [-0.25, -0.2) is 0 Å². The van der Waals surface area contributed by atoms with Crippen molar-refractivity contribution in [3.05, 3.63) is 29.3 Å².